The van der Waals surface area contributed by atoms with E-state index < -0.39 is 0 Å². The molecule has 0 radical (unpaired) electrons. The molecular weight excluding hydrogens is 298 g/mol. The monoisotopic (exact) mass is 313 g/mol. The summed E-state index contributed by atoms with van der Waals surface area (Å²) >= 11 is 6.23. The van der Waals surface area contributed by atoms with Crippen molar-refractivity contribution in [3.8, 4) is 6.07 Å². The molecule has 0 aliphatic carbocycles. The van der Waals surface area contributed by atoms with Crippen LogP contribution in [0.4, 0.5) is 5.69 Å². The molecule has 0 saturated carbocycles. The fraction of sp³-hybridized carbons (Fsp3) is 0.353. The summed E-state index contributed by atoms with van der Waals surface area (Å²) in [5.74, 6) is 0.360. The van der Waals surface area contributed by atoms with E-state index in [2.05, 4.69) is 22.9 Å². The molecule has 1 aliphatic heterocycles. The van der Waals surface area contributed by atoms with Gasteiger partial charge in [0.2, 0.25) is 0 Å². The number of aldehydes is 1. The lowest BCUT2D eigenvalue weighted by Gasteiger charge is -2.37. The first-order chi connectivity index (χ1) is 10.7. The van der Waals surface area contributed by atoms with Crippen LogP contribution in [0.3, 0.4) is 0 Å². The molecule has 5 heteroatoms. The molecular formula is C17H16ClN3O. The smallest absolute Gasteiger partial charge is 0.123 e. The number of carbonyl (C=O) groups excluding carboxylic acids is 1. The molecule has 0 amide bonds. The minimum Gasteiger partial charge on any atom is -0.370 e. The Morgan fingerprint density at radius 3 is 3.00 bits per heavy atom. The number of anilines is 1. The maximum atomic E-state index is 11.1. The van der Waals surface area contributed by atoms with E-state index in [0.717, 1.165) is 36.9 Å². The Morgan fingerprint density at radius 2 is 2.32 bits per heavy atom. The third-order valence-corrected chi connectivity index (χ3v) is 4.71. The van der Waals surface area contributed by atoms with E-state index in [1.807, 2.05) is 12.1 Å². The fourth-order valence-electron chi connectivity index (χ4n) is 3.16. The van der Waals surface area contributed by atoms with Gasteiger partial charge in [-0.05, 0) is 18.4 Å². The number of piperidine rings is 1. The standard InChI is InChI=1S/C17H16ClN3O/c1-11-9-21(6-5-12(11)10-22)17-13(7-19)8-20-16-14(17)3-2-4-15(16)18/h2-4,8,10-12H,5-6,9H2,1H3. The molecule has 2 aromatic rings. The molecule has 1 aliphatic rings. The van der Waals surface area contributed by atoms with Crippen molar-refractivity contribution in [2.75, 3.05) is 18.0 Å². The minimum absolute atomic E-state index is 0.0958. The van der Waals surface area contributed by atoms with Gasteiger partial charge in [0.05, 0.1) is 21.8 Å². The number of pyridine rings is 1. The lowest BCUT2D eigenvalue weighted by Crippen LogP contribution is -2.40. The van der Waals surface area contributed by atoms with E-state index in [9.17, 15) is 10.1 Å². The number of rotatable bonds is 2. The summed E-state index contributed by atoms with van der Waals surface area (Å²) < 4.78 is 0. The molecule has 0 spiro atoms. The molecule has 0 N–H and O–H groups in total. The number of fused-ring (bicyclic) bond motifs is 1. The number of para-hydroxylation sites is 1. The van der Waals surface area contributed by atoms with Crippen LogP contribution in [0.25, 0.3) is 10.9 Å². The van der Waals surface area contributed by atoms with E-state index in [0.29, 0.717) is 16.1 Å². The first-order valence-electron chi connectivity index (χ1n) is 7.33. The molecule has 2 heterocycles. The Balaban J connectivity index is 2.12. The van der Waals surface area contributed by atoms with Crippen LogP contribution in [-0.4, -0.2) is 24.4 Å². The Labute approximate surface area is 134 Å². The number of carbonyl (C=O) groups is 1. The number of hydrogen-bond acceptors (Lipinski definition) is 4. The fourth-order valence-corrected chi connectivity index (χ4v) is 3.39. The maximum absolute atomic E-state index is 11.1. The third kappa shape index (κ3) is 2.42. The Hall–Kier alpha value is -2.12. The van der Waals surface area contributed by atoms with Crippen LogP contribution in [0.2, 0.25) is 5.02 Å². The third-order valence-electron chi connectivity index (χ3n) is 4.40. The zero-order valence-electron chi connectivity index (χ0n) is 12.3. The van der Waals surface area contributed by atoms with Crippen molar-refractivity contribution in [2.45, 2.75) is 13.3 Å². The molecule has 2 unspecified atom stereocenters. The molecule has 2 atom stereocenters. The highest BCUT2D eigenvalue weighted by atomic mass is 35.5. The summed E-state index contributed by atoms with van der Waals surface area (Å²) in [6, 6.07) is 7.85. The zero-order chi connectivity index (χ0) is 15.7. The van der Waals surface area contributed by atoms with Crippen molar-refractivity contribution in [3.63, 3.8) is 0 Å². The van der Waals surface area contributed by atoms with Gasteiger partial charge in [-0.1, -0.05) is 30.7 Å². The normalized spacial score (nSPS) is 21.6. The van der Waals surface area contributed by atoms with E-state index in [1.165, 1.54) is 0 Å². The van der Waals surface area contributed by atoms with Crippen LogP contribution in [0, 0.1) is 23.2 Å². The summed E-state index contributed by atoms with van der Waals surface area (Å²) in [7, 11) is 0. The summed E-state index contributed by atoms with van der Waals surface area (Å²) in [6.45, 7) is 3.59. The highest BCUT2D eigenvalue weighted by Gasteiger charge is 2.28. The number of halogens is 1. The van der Waals surface area contributed by atoms with E-state index in [1.54, 1.807) is 12.3 Å². The second-order valence-corrected chi connectivity index (χ2v) is 6.19. The van der Waals surface area contributed by atoms with Crippen molar-refractivity contribution in [1.82, 2.24) is 4.98 Å². The van der Waals surface area contributed by atoms with Crippen LogP contribution in [0.15, 0.2) is 24.4 Å². The van der Waals surface area contributed by atoms with Gasteiger partial charge in [0.1, 0.15) is 12.4 Å². The van der Waals surface area contributed by atoms with Gasteiger partial charge in [-0.25, -0.2) is 0 Å². The van der Waals surface area contributed by atoms with Gasteiger partial charge in [-0.2, -0.15) is 5.26 Å². The Bertz CT molecular complexity index is 768. The van der Waals surface area contributed by atoms with Crippen LogP contribution >= 0.6 is 11.6 Å². The van der Waals surface area contributed by atoms with Gasteiger partial charge in [-0.15, -0.1) is 0 Å². The summed E-state index contributed by atoms with van der Waals surface area (Å²) in [4.78, 5) is 17.6. The number of nitrogens with zero attached hydrogens (tertiary/aromatic N) is 3. The highest BCUT2D eigenvalue weighted by molar-refractivity contribution is 6.35. The molecule has 1 fully saturated rings. The molecule has 3 rings (SSSR count). The first kappa shape index (κ1) is 14.8. The van der Waals surface area contributed by atoms with Crippen molar-refractivity contribution in [1.29, 1.82) is 5.26 Å². The van der Waals surface area contributed by atoms with Crippen LogP contribution in [-0.2, 0) is 4.79 Å². The van der Waals surface area contributed by atoms with E-state index >= 15 is 0 Å². The van der Waals surface area contributed by atoms with Crippen molar-refractivity contribution in [2.24, 2.45) is 11.8 Å². The number of nitriles is 1. The summed E-state index contributed by atoms with van der Waals surface area (Å²) in [5, 5.41) is 10.9. The van der Waals surface area contributed by atoms with Gasteiger partial charge in [0.25, 0.3) is 0 Å². The number of benzene rings is 1. The second-order valence-electron chi connectivity index (χ2n) is 5.78. The first-order valence-corrected chi connectivity index (χ1v) is 7.71. The Morgan fingerprint density at radius 1 is 1.50 bits per heavy atom. The van der Waals surface area contributed by atoms with Gasteiger partial charge in [0, 0.05) is 30.6 Å². The van der Waals surface area contributed by atoms with E-state index in [-0.39, 0.29) is 11.8 Å². The lowest BCUT2D eigenvalue weighted by atomic mass is 9.87. The van der Waals surface area contributed by atoms with Crippen LogP contribution < -0.4 is 4.90 Å². The second kappa shape index (κ2) is 5.94. The van der Waals surface area contributed by atoms with Crippen LogP contribution in [0.1, 0.15) is 18.9 Å². The van der Waals surface area contributed by atoms with Crippen molar-refractivity contribution < 1.29 is 4.79 Å². The SMILES string of the molecule is CC1CN(c2c(C#N)cnc3c(Cl)cccc23)CCC1C=O. The Kier molecular flexibility index (Phi) is 4.00. The van der Waals surface area contributed by atoms with Gasteiger partial charge < -0.3 is 9.69 Å². The summed E-state index contributed by atoms with van der Waals surface area (Å²) in [6.07, 6.45) is 3.44. The average molecular weight is 314 g/mol. The number of aromatic nitrogens is 1. The predicted octanol–water partition coefficient (Wildman–Crippen LogP) is 3.42. The molecule has 0 bridgehead atoms. The van der Waals surface area contributed by atoms with Crippen LogP contribution in [0.5, 0.6) is 0 Å². The number of hydrogen-bond donors (Lipinski definition) is 0. The molecule has 4 nitrogen and oxygen atoms in total. The van der Waals surface area contributed by atoms with Crippen molar-refractivity contribution in [3.05, 3.63) is 35.0 Å². The van der Waals surface area contributed by atoms with Gasteiger partial charge in [0.15, 0.2) is 0 Å². The van der Waals surface area contributed by atoms with Crippen molar-refractivity contribution >= 4 is 34.5 Å². The lowest BCUT2D eigenvalue weighted by molar-refractivity contribution is -0.112. The molecule has 1 aromatic heterocycles. The zero-order valence-corrected chi connectivity index (χ0v) is 13.0. The minimum atomic E-state index is 0.0958. The summed E-state index contributed by atoms with van der Waals surface area (Å²) in [5.41, 5.74) is 2.14. The molecule has 112 valence electrons. The topological polar surface area (TPSA) is 57.0 Å². The molecule has 1 saturated heterocycles. The molecule has 22 heavy (non-hydrogen) atoms. The van der Waals surface area contributed by atoms with Gasteiger partial charge >= 0.3 is 0 Å². The molecule has 1 aromatic carbocycles. The largest absolute Gasteiger partial charge is 0.370 e. The van der Waals surface area contributed by atoms with Gasteiger partial charge in [-0.3, -0.25) is 4.98 Å². The maximum Gasteiger partial charge on any atom is 0.123 e. The highest BCUT2D eigenvalue weighted by Crippen LogP contribution is 2.35. The quantitative estimate of drug-likeness (QED) is 0.797. The van der Waals surface area contributed by atoms with E-state index in [4.69, 9.17) is 11.6 Å². The average Bonchev–Trinajstić information content (AvgIpc) is 2.54. The predicted molar refractivity (Wildman–Crippen MR) is 87.0 cm³/mol.